The number of ether oxygens (including phenoxy) is 1. The van der Waals surface area contributed by atoms with Crippen molar-refractivity contribution in [2.45, 2.75) is 33.1 Å². The molecule has 0 aliphatic rings. The number of aromatic nitrogens is 2. The fraction of sp³-hybridized carbons (Fsp3) is 0.300. The maximum absolute atomic E-state index is 12.4. The van der Waals surface area contributed by atoms with Gasteiger partial charge in [0.1, 0.15) is 5.76 Å². The van der Waals surface area contributed by atoms with Gasteiger partial charge in [0.2, 0.25) is 5.91 Å². The van der Waals surface area contributed by atoms with E-state index in [0.717, 1.165) is 22.4 Å². The molecule has 3 rings (SSSR count). The van der Waals surface area contributed by atoms with Gasteiger partial charge < -0.3 is 14.6 Å². The van der Waals surface area contributed by atoms with Gasteiger partial charge in [0, 0.05) is 10.4 Å². The summed E-state index contributed by atoms with van der Waals surface area (Å²) in [7, 11) is 1.32. The van der Waals surface area contributed by atoms with Crippen LogP contribution < -0.4 is 5.32 Å². The first-order valence-electron chi connectivity index (χ1n) is 8.81. The second kappa shape index (κ2) is 8.79. The van der Waals surface area contributed by atoms with E-state index in [0.29, 0.717) is 23.0 Å². The van der Waals surface area contributed by atoms with Crippen LogP contribution in [0.3, 0.4) is 0 Å². The number of anilines is 1. The van der Waals surface area contributed by atoms with Gasteiger partial charge in [-0.2, -0.15) is 0 Å². The second-order valence-electron chi connectivity index (χ2n) is 6.30. The van der Waals surface area contributed by atoms with Crippen LogP contribution in [0.15, 0.2) is 34.9 Å². The Bertz CT molecular complexity index is 959. The highest BCUT2D eigenvalue weighted by molar-refractivity contribution is 7.16. The van der Waals surface area contributed by atoms with Crippen LogP contribution in [-0.4, -0.2) is 29.1 Å². The van der Waals surface area contributed by atoms with Crippen molar-refractivity contribution in [3.63, 3.8) is 0 Å². The van der Waals surface area contributed by atoms with Crippen molar-refractivity contribution < 1.29 is 18.8 Å². The van der Waals surface area contributed by atoms with Crippen LogP contribution in [0.25, 0.3) is 0 Å². The van der Waals surface area contributed by atoms with Crippen LogP contribution in [0.1, 0.15) is 37.9 Å². The summed E-state index contributed by atoms with van der Waals surface area (Å²) in [5.74, 6) is -0.134. The van der Waals surface area contributed by atoms with Gasteiger partial charge in [0.15, 0.2) is 10.8 Å². The van der Waals surface area contributed by atoms with Crippen LogP contribution in [0.4, 0.5) is 5.13 Å². The van der Waals surface area contributed by atoms with E-state index in [1.54, 1.807) is 13.8 Å². The number of aryl methyl sites for hydroxylation is 4. The zero-order chi connectivity index (χ0) is 20.1. The third-order valence-corrected chi connectivity index (χ3v) is 5.36. The Balaban J connectivity index is 1.73. The van der Waals surface area contributed by atoms with Crippen LogP contribution in [0.5, 0.6) is 0 Å². The molecule has 2 heterocycles. The summed E-state index contributed by atoms with van der Waals surface area (Å²) < 4.78 is 9.92. The first-order valence-corrected chi connectivity index (χ1v) is 9.63. The molecule has 0 bridgehead atoms. The Labute approximate surface area is 166 Å². The molecule has 3 aromatic rings. The number of rotatable bonds is 7. The highest BCUT2D eigenvalue weighted by atomic mass is 32.1. The zero-order valence-corrected chi connectivity index (χ0v) is 16.8. The molecule has 7 nitrogen and oxygen atoms in total. The lowest BCUT2D eigenvalue weighted by atomic mass is 10.1. The molecule has 0 saturated carbocycles. The first-order chi connectivity index (χ1) is 13.5. The summed E-state index contributed by atoms with van der Waals surface area (Å²) in [5, 5.41) is 6.99. The van der Waals surface area contributed by atoms with Crippen molar-refractivity contribution >= 4 is 28.3 Å². The predicted molar refractivity (Wildman–Crippen MR) is 106 cm³/mol. The molecule has 0 spiro atoms. The van der Waals surface area contributed by atoms with E-state index in [9.17, 15) is 9.59 Å². The molecular weight excluding hydrogens is 378 g/mol. The summed E-state index contributed by atoms with van der Waals surface area (Å²) in [4.78, 5) is 29.5. The number of nitrogens with one attached hydrogen (secondary N) is 1. The number of benzene rings is 1. The minimum Gasteiger partial charge on any atom is -0.464 e. The van der Waals surface area contributed by atoms with Gasteiger partial charge in [-0.05, 0) is 32.3 Å². The molecule has 8 heteroatoms. The van der Waals surface area contributed by atoms with Gasteiger partial charge >= 0.3 is 5.97 Å². The van der Waals surface area contributed by atoms with E-state index in [-0.39, 0.29) is 18.0 Å². The van der Waals surface area contributed by atoms with E-state index >= 15 is 0 Å². The Kier molecular flexibility index (Phi) is 6.20. The molecular formula is C20H21N3O4S. The van der Waals surface area contributed by atoms with Crippen molar-refractivity contribution in [1.29, 1.82) is 0 Å². The monoisotopic (exact) mass is 399 g/mol. The number of hydrogen-bond donors (Lipinski definition) is 1. The SMILES string of the molecule is COC(=O)c1nc(NC(=O)Cc2c(C)noc2C)sc1CCc1ccccc1. The number of hydrogen-bond acceptors (Lipinski definition) is 7. The molecule has 0 radical (unpaired) electrons. The number of carbonyl (C=O) groups is 2. The van der Waals surface area contributed by atoms with Crippen LogP contribution in [-0.2, 0) is 28.8 Å². The molecule has 0 aliphatic carbocycles. The molecule has 28 heavy (non-hydrogen) atoms. The van der Waals surface area contributed by atoms with Gasteiger partial charge in [0.25, 0.3) is 0 Å². The van der Waals surface area contributed by atoms with Gasteiger partial charge in [-0.25, -0.2) is 9.78 Å². The highest BCUT2D eigenvalue weighted by Crippen LogP contribution is 2.26. The van der Waals surface area contributed by atoms with Crippen LogP contribution in [0.2, 0.25) is 0 Å². The fourth-order valence-corrected chi connectivity index (χ4v) is 3.78. The number of esters is 1. The highest BCUT2D eigenvalue weighted by Gasteiger charge is 2.21. The number of nitrogens with zero attached hydrogens (tertiary/aromatic N) is 2. The standard InChI is InChI=1S/C20H21N3O4S/c1-12-15(13(2)27-23-12)11-17(24)21-20-22-18(19(25)26-3)16(28-20)10-9-14-7-5-4-6-8-14/h4-8H,9-11H2,1-3H3,(H,21,22,24). The lowest BCUT2D eigenvalue weighted by Crippen LogP contribution is -2.15. The molecule has 1 N–H and O–H groups in total. The molecule has 2 aromatic heterocycles. The fourth-order valence-electron chi connectivity index (χ4n) is 2.81. The molecule has 1 amide bonds. The zero-order valence-electron chi connectivity index (χ0n) is 15.9. The summed E-state index contributed by atoms with van der Waals surface area (Å²) in [6.07, 6.45) is 1.53. The van der Waals surface area contributed by atoms with Crippen LogP contribution >= 0.6 is 11.3 Å². The average molecular weight is 399 g/mol. The Morgan fingerprint density at radius 2 is 1.93 bits per heavy atom. The van der Waals surface area contributed by atoms with Gasteiger partial charge in [-0.3, -0.25) is 4.79 Å². The quantitative estimate of drug-likeness (QED) is 0.611. The molecule has 0 unspecified atom stereocenters. The van der Waals surface area contributed by atoms with E-state index in [1.165, 1.54) is 18.4 Å². The number of carbonyl (C=O) groups excluding carboxylic acids is 2. The summed E-state index contributed by atoms with van der Waals surface area (Å²) in [6, 6.07) is 9.98. The molecule has 0 aliphatic heterocycles. The van der Waals surface area contributed by atoms with E-state index in [4.69, 9.17) is 9.26 Å². The first kappa shape index (κ1) is 19.8. The predicted octanol–water partition coefficient (Wildman–Crippen LogP) is 3.50. The summed E-state index contributed by atoms with van der Waals surface area (Å²) >= 11 is 1.29. The van der Waals surface area contributed by atoms with Crippen molar-refractivity contribution in [3.05, 3.63) is 63.5 Å². The molecule has 0 saturated heterocycles. The minimum atomic E-state index is -0.509. The lowest BCUT2D eigenvalue weighted by Gasteiger charge is -2.01. The Hall–Kier alpha value is -3.00. The number of methoxy groups -OCH3 is 1. The largest absolute Gasteiger partial charge is 0.464 e. The molecule has 0 fully saturated rings. The van der Waals surface area contributed by atoms with Gasteiger partial charge in [0.05, 0.1) is 19.2 Å². The lowest BCUT2D eigenvalue weighted by molar-refractivity contribution is -0.115. The maximum Gasteiger partial charge on any atom is 0.357 e. The van der Waals surface area contributed by atoms with Crippen molar-refractivity contribution in [2.24, 2.45) is 0 Å². The second-order valence-corrected chi connectivity index (χ2v) is 7.38. The third kappa shape index (κ3) is 4.64. The van der Waals surface area contributed by atoms with E-state index in [2.05, 4.69) is 15.5 Å². The number of thiazole rings is 1. The maximum atomic E-state index is 12.4. The van der Waals surface area contributed by atoms with E-state index < -0.39 is 5.97 Å². The van der Waals surface area contributed by atoms with Crippen LogP contribution in [0, 0.1) is 13.8 Å². The van der Waals surface area contributed by atoms with Crippen molar-refractivity contribution in [3.8, 4) is 0 Å². The summed E-state index contributed by atoms with van der Waals surface area (Å²) in [6.45, 7) is 3.56. The van der Waals surface area contributed by atoms with E-state index in [1.807, 2.05) is 30.3 Å². The molecule has 1 aromatic carbocycles. The number of amides is 1. The smallest absolute Gasteiger partial charge is 0.357 e. The Morgan fingerprint density at radius 1 is 1.18 bits per heavy atom. The Morgan fingerprint density at radius 3 is 2.57 bits per heavy atom. The normalized spacial score (nSPS) is 10.7. The molecule has 0 atom stereocenters. The summed E-state index contributed by atoms with van der Waals surface area (Å²) in [5.41, 5.74) is 2.85. The van der Waals surface area contributed by atoms with Crippen molar-refractivity contribution in [1.82, 2.24) is 10.1 Å². The third-order valence-electron chi connectivity index (χ3n) is 4.32. The average Bonchev–Trinajstić information content (AvgIpc) is 3.24. The van der Waals surface area contributed by atoms with Crippen molar-refractivity contribution in [2.75, 3.05) is 12.4 Å². The topological polar surface area (TPSA) is 94.3 Å². The van der Waals surface area contributed by atoms with Gasteiger partial charge in [-0.1, -0.05) is 35.5 Å². The van der Waals surface area contributed by atoms with Gasteiger partial charge in [-0.15, -0.1) is 11.3 Å². The molecule has 146 valence electrons. The minimum absolute atomic E-state index is 0.133.